The van der Waals surface area contributed by atoms with Crippen molar-refractivity contribution in [2.24, 2.45) is 0 Å². The molecule has 0 spiro atoms. The van der Waals surface area contributed by atoms with Gasteiger partial charge in [0.2, 0.25) is 0 Å². The highest BCUT2D eigenvalue weighted by atomic mass is 16.6. The number of ether oxygens (including phenoxy) is 4. The van der Waals surface area contributed by atoms with Gasteiger partial charge < -0.3 is 18.9 Å². The predicted octanol–water partition coefficient (Wildman–Crippen LogP) is 4.92. The third kappa shape index (κ3) is 8.78. The van der Waals surface area contributed by atoms with Gasteiger partial charge in [0, 0.05) is 11.1 Å². The molecule has 0 fully saturated rings. The molecule has 192 valence electrons. The van der Waals surface area contributed by atoms with Gasteiger partial charge in [-0.25, -0.2) is 9.59 Å². The minimum atomic E-state index is -0.580. The van der Waals surface area contributed by atoms with Crippen LogP contribution in [0.2, 0.25) is 0 Å². The van der Waals surface area contributed by atoms with E-state index >= 15 is 0 Å². The zero-order valence-electron chi connectivity index (χ0n) is 21.2. The fourth-order valence-electron chi connectivity index (χ4n) is 2.79. The van der Waals surface area contributed by atoms with Crippen LogP contribution in [0.4, 0.5) is 0 Å². The number of methoxy groups -OCH3 is 2. The van der Waals surface area contributed by atoms with Gasteiger partial charge in [-0.2, -0.15) is 0 Å². The van der Waals surface area contributed by atoms with Crippen LogP contribution < -0.4 is 18.9 Å². The average Bonchev–Trinajstić information content (AvgIpc) is 2.87. The molecule has 0 aliphatic rings. The number of benzene rings is 2. The summed E-state index contributed by atoms with van der Waals surface area (Å²) in [6.07, 6.45) is 5.30. The van der Waals surface area contributed by atoms with Gasteiger partial charge in [-0.15, -0.1) is 0 Å². The first kappa shape index (κ1) is 28.5. The van der Waals surface area contributed by atoms with Crippen LogP contribution in [0, 0.1) is 0 Å². The van der Waals surface area contributed by atoms with Crippen LogP contribution in [-0.4, -0.2) is 37.7 Å². The van der Waals surface area contributed by atoms with E-state index in [1.807, 2.05) is 0 Å². The van der Waals surface area contributed by atoms with Crippen molar-refractivity contribution in [2.75, 3.05) is 14.2 Å². The molecule has 2 aromatic rings. The summed E-state index contributed by atoms with van der Waals surface area (Å²) in [6.45, 7) is 10.1. The van der Waals surface area contributed by atoms with Crippen molar-refractivity contribution in [3.8, 4) is 23.0 Å². The Bertz CT molecular complexity index is 1200. The number of rotatable bonds is 12. The van der Waals surface area contributed by atoms with E-state index in [4.69, 9.17) is 18.9 Å². The van der Waals surface area contributed by atoms with Gasteiger partial charge in [-0.05, 0) is 61.4 Å². The standard InChI is InChI=1S/C29H28O8/c1-18(2)28(32)36-24-13-9-20(15-26(24)34-5)7-11-22(30)17-23(31)12-8-21-10-14-25(27(16-21)35-6)37-29(33)19(3)4/h7-16H,1,3,17H2,2,4-6H3. The Morgan fingerprint density at radius 3 is 1.38 bits per heavy atom. The van der Waals surface area contributed by atoms with Crippen LogP contribution in [0.5, 0.6) is 23.0 Å². The normalized spacial score (nSPS) is 10.7. The lowest BCUT2D eigenvalue weighted by Crippen LogP contribution is -2.09. The van der Waals surface area contributed by atoms with Crippen molar-refractivity contribution >= 4 is 35.7 Å². The van der Waals surface area contributed by atoms with Crippen LogP contribution in [0.25, 0.3) is 12.2 Å². The van der Waals surface area contributed by atoms with Crippen LogP contribution >= 0.6 is 0 Å². The summed E-state index contributed by atoms with van der Waals surface area (Å²) in [5.74, 6) is -0.904. The van der Waals surface area contributed by atoms with E-state index in [1.165, 1.54) is 64.5 Å². The van der Waals surface area contributed by atoms with Gasteiger partial charge in [0.25, 0.3) is 0 Å². The van der Waals surface area contributed by atoms with E-state index in [0.717, 1.165) is 0 Å². The second-order valence-electron chi connectivity index (χ2n) is 7.94. The molecule has 0 aliphatic carbocycles. The van der Waals surface area contributed by atoms with Crippen molar-refractivity contribution < 1.29 is 38.1 Å². The highest BCUT2D eigenvalue weighted by Crippen LogP contribution is 2.30. The number of hydrogen-bond donors (Lipinski definition) is 0. The van der Waals surface area contributed by atoms with Gasteiger partial charge >= 0.3 is 11.9 Å². The summed E-state index contributed by atoms with van der Waals surface area (Å²) in [5.41, 5.74) is 1.72. The SMILES string of the molecule is C=C(C)C(=O)Oc1ccc(C=CC(=O)CC(=O)C=Cc2ccc(OC(=O)C(=C)C)c(OC)c2)cc1OC. The molecule has 0 atom stereocenters. The average molecular weight is 505 g/mol. The predicted molar refractivity (Wildman–Crippen MR) is 140 cm³/mol. The lowest BCUT2D eigenvalue weighted by Gasteiger charge is -2.09. The highest BCUT2D eigenvalue weighted by molar-refractivity contribution is 6.10. The highest BCUT2D eigenvalue weighted by Gasteiger charge is 2.12. The van der Waals surface area contributed by atoms with Crippen molar-refractivity contribution in [1.29, 1.82) is 0 Å². The fourth-order valence-corrected chi connectivity index (χ4v) is 2.79. The molecule has 0 amide bonds. The maximum absolute atomic E-state index is 12.3. The van der Waals surface area contributed by atoms with Gasteiger partial charge in [-0.1, -0.05) is 37.4 Å². The van der Waals surface area contributed by atoms with Gasteiger partial charge in [0.05, 0.1) is 20.6 Å². The summed E-state index contributed by atoms with van der Waals surface area (Å²) >= 11 is 0. The number of carbonyl (C=O) groups excluding carboxylic acids is 4. The number of esters is 2. The molecular weight excluding hydrogens is 476 g/mol. The Balaban J connectivity index is 2.01. The molecule has 0 N–H and O–H groups in total. The minimum Gasteiger partial charge on any atom is -0.493 e. The van der Waals surface area contributed by atoms with Crippen LogP contribution in [0.3, 0.4) is 0 Å². The van der Waals surface area contributed by atoms with E-state index in [2.05, 4.69) is 13.2 Å². The lowest BCUT2D eigenvalue weighted by molar-refractivity contribution is -0.131. The molecule has 0 unspecified atom stereocenters. The van der Waals surface area contributed by atoms with E-state index < -0.39 is 23.5 Å². The van der Waals surface area contributed by atoms with Crippen LogP contribution in [-0.2, 0) is 19.2 Å². The molecule has 0 aliphatic heterocycles. The van der Waals surface area contributed by atoms with Crippen molar-refractivity contribution in [1.82, 2.24) is 0 Å². The minimum absolute atomic E-state index is 0.220. The molecule has 8 heteroatoms. The fraction of sp³-hybridized carbons (Fsp3) is 0.172. The Labute approximate surface area is 215 Å². The zero-order chi connectivity index (χ0) is 27.5. The van der Waals surface area contributed by atoms with Crippen LogP contribution in [0.1, 0.15) is 31.4 Å². The Kier molecular flexibility index (Phi) is 10.3. The molecule has 0 saturated carbocycles. The monoisotopic (exact) mass is 504 g/mol. The first-order chi connectivity index (χ1) is 17.5. The molecule has 2 aromatic carbocycles. The van der Waals surface area contributed by atoms with Crippen molar-refractivity contribution in [3.05, 3.63) is 84.0 Å². The molecule has 0 radical (unpaired) electrons. The lowest BCUT2D eigenvalue weighted by atomic mass is 10.1. The van der Waals surface area contributed by atoms with E-state index in [-0.39, 0.29) is 29.1 Å². The van der Waals surface area contributed by atoms with E-state index in [0.29, 0.717) is 22.6 Å². The second kappa shape index (κ2) is 13.4. The molecule has 2 rings (SSSR count). The third-order valence-electron chi connectivity index (χ3n) is 4.75. The third-order valence-corrected chi connectivity index (χ3v) is 4.75. The quantitative estimate of drug-likeness (QED) is 0.174. The molecular formula is C29H28O8. The number of hydrogen-bond acceptors (Lipinski definition) is 8. The summed E-state index contributed by atoms with van der Waals surface area (Å²) in [7, 11) is 2.85. The summed E-state index contributed by atoms with van der Waals surface area (Å²) in [6, 6.07) is 9.54. The Hall–Kier alpha value is -4.72. The Morgan fingerprint density at radius 1 is 0.676 bits per heavy atom. The molecule has 0 aromatic heterocycles. The van der Waals surface area contributed by atoms with Crippen molar-refractivity contribution in [3.63, 3.8) is 0 Å². The number of allylic oxidation sites excluding steroid dienone is 2. The topological polar surface area (TPSA) is 105 Å². The van der Waals surface area contributed by atoms with E-state index in [9.17, 15) is 19.2 Å². The van der Waals surface area contributed by atoms with Crippen LogP contribution in [0.15, 0.2) is 72.9 Å². The maximum Gasteiger partial charge on any atom is 0.338 e. The molecule has 37 heavy (non-hydrogen) atoms. The first-order valence-electron chi connectivity index (χ1n) is 11.1. The largest absolute Gasteiger partial charge is 0.493 e. The smallest absolute Gasteiger partial charge is 0.338 e. The van der Waals surface area contributed by atoms with Crippen molar-refractivity contribution in [2.45, 2.75) is 20.3 Å². The maximum atomic E-state index is 12.3. The van der Waals surface area contributed by atoms with Gasteiger partial charge in [-0.3, -0.25) is 9.59 Å². The summed E-state index contributed by atoms with van der Waals surface area (Å²) < 4.78 is 20.9. The second-order valence-corrected chi connectivity index (χ2v) is 7.94. The number of ketones is 2. The summed E-state index contributed by atoms with van der Waals surface area (Å²) in [5, 5.41) is 0. The zero-order valence-corrected chi connectivity index (χ0v) is 21.2. The molecule has 0 heterocycles. The first-order valence-corrected chi connectivity index (χ1v) is 11.1. The molecule has 0 bridgehead atoms. The van der Waals surface area contributed by atoms with Gasteiger partial charge in [0.15, 0.2) is 34.6 Å². The Morgan fingerprint density at radius 2 is 1.05 bits per heavy atom. The molecule has 8 nitrogen and oxygen atoms in total. The van der Waals surface area contributed by atoms with Gasteiger partial charge in [0.1, 0.15) is 0 Å². The summed E-state index contributed by atoms with van der Waals surface area (Å²) in [4.78, 5) is 48.0. The number of carbonyl (C=O) groups is 4. The molecule has 0 saturated heterocycles. The van der Waals surface area contributed by atoms with E-state index in [1.54, 1.807) is 24.3 Å².